The number of alkyl carbamates (subject to hydrolysis) is 1. The topological polar surface area (TPSA) is 58.6 Å². The average molecular weight is 301 g/mol. The fourth-order valence-electron chi connectivity index (χ4n) is 2.26. The molecule has 0 heterocycles. The summed E-state index contributed by atoms with van der Waals surface area (Å²) in [6.45, 7) is 3.30. The van der Waals surface area contributed by atoms with Crippen LogP contribution < -0.4 is 5.32 Å². The van der Waals surface area contributed by atoms with E-state index >= 15 is 0 Å². The Bertz CT molecular complexity index is 222. The molecule has 0 unspecified atom stereocenters. The number of ether oxygens (including phenoxy) is 1. The molecule has 0 radical (unpaired) electrons. The van der Waals surface area contributed by atoms with Gasteiger partial charge in [0.25, 0.3) is 0 Å². The number of aliphatic hydroxyl groups is 1. The maximum absolute atomic E-state index is 11.2. The molecule has 126 valence electrons. The first-order valence-corrected chi connectivity index (χ1v) is 8.82. The quantitative estimate of drug-likeness (QED) is 0.441. The van der Waals surface area contributed by atoms with Crippen molar-refractivity contribution in [3.05, 3.63) is 0 Å². The molecular formula is C17H35NO3. The van der Waals surface area contributed by atoms with E-state index in [1.54, 1.807) is 0 Å². The summed E-state index contributed by atoms with van der Waals surface area (Å²) in [5.41, 5.74) is 0. The van der Waals surface area contributed by atoms with Crippen LogP contribution in [0.15, 0.2) is 0 Å². The molecule has 1 amide bonds. The van der Waals surface area contributed by atoms with E-state index < -0.39 is 0 Å². The molecule has 0 aliphatic carbocycles. The summed E-state index contributed by atoms with van der Waals surface area (Å²) < 4.78 is 4.87. The van der Waals surface area contributed by atoms with Crippen molar-refractivity contribution in [2.75, 3.05) is 19.8 Å². The summed E-state index contributed by atoms with van der Waals surface area (Å²) in [4.78, 5) is 11.2. The molecule has 0 aliphatic rings. The first-order valence-electron chi connectivity index (χ1n) is 8.82. The van der Waals surface area contributed by atoms with Crippen LogP contribution in [-0.2, 0) is 4.74 Å². The zero-order valence-corrected chi connectivity index (χ0v) is 13.9. The van der Waals surface area contributed by atoms with E-state index in [9.17, 15) is 4.79 Å². The Labute approximate surface area is 130 Å². The predicted octanol–water partition coefficient (Wildman–Crippen LogP) is 4.41. The normalized spacial score (nSPS) is 10.6. The number of unbranched alkanes of at least 4 members (excludes halogenated alkanes) is 10. The van der Waals surface area contributed by atoms with Crippen molar-refractivity contribution in [3.8, 4) is 0 Å². The number of aliphatic hydroxyl groups excluding tert-OH is 1. The molecule has 0 aromatic rings. The number of carbonyl (C=O) groups is 1. The van der Waals surface area contributed by atoms with E-state index in [-0.39, 0.29) is 12.7 Å². The van der Waals surface area contributed by atoms with Crippen LogP contribution >= 0.6 is 0 Å². The minimum atomic E-state index is -0.365. The second-order valence-electron chi connectivity index (χ2n) is 5.68. The molecule has 0 aromatic heterocycles. The van der Waals surface area contributed by atoms with E-state index in [1.807, 2.05) is 0 Å². The second-order valence-corrected chi connectivity index (χ2v) is 5.68. The fourth-order valence-corrected chi connectivity index (χ4v) is 2.26. The highest BCUT2D eigenvalue weighted by Gasteiger charge is 1.99. The molecule has 4 nitrogen and oxygen atoms in total. The first kappa shape index (κ1) is 20.2. The Morgan fingerprint density at radius 1 is 0.857 bits per heavy atom. The highest BCUT2D eigenvalue weighted by molar-refractivity contribution is 5.66. The summed E-state index contributed by atoms with van der Waals surface area (Å²) in [6.07, 6.45) is 14.5. The maximum Gasteiger partial charge on any atom is 0.407 e. The third kappa shape index (κ3) is 17.2. The van der Waals surface area contributed by atoms with Gasteiger partial charge in [-0.3, -0.25) is 0 Å². The molecule has 0 fully saturated rings. The SMILES string of the molecule is CCCCCCCCCCCCCNC(=O)OCCCO. The monoisotopic (exact) mass is 301 g/mol. The van der Waals surface area contributed by atoms with Gasteiger partial charge in [0.1, 0.15) is 0 Å². The number of carbonyl (C=O) groups excluding carboxylic acids is 1. The highest BCUT2D eigenvalue weighted by atomic mass is 16.5. The summed E-state index contributed by atoms with van der Waals surface area (Å²) in [6, 6.07) is 0. The Morgan fingerprint density at radius 2 is 1.38 bits per heavy atom. The molecule has 0 rings (SSSR count). The van der Waals surface area contributed by atoms with Gasteiger partial charge in [0, 0.05) is 19.6 Å². The van der Waals surface area contributed by atoms with Crippen molar-refractivity contribution in [2.45, 2.75) is 84.0 Å². The lowest BCUT2D eigenvalue weighted by Crippen LogP contribution is -2.25. The highest BCUT2D eigenvalue weighted by Crippen LogP contribution is 2.10. The van der Waals surface area contributed by atoms with Crippen LogP contribution in [0.5, 0.6) is 0 Å². The van der Waals surface area contributed by atoms with Crippen LogP contribution in [0.1, 0.15) is 84.0 Å². The van der Waals surface area contributed by atoms with Gasteiger partial charge in [-0.1, -0.05) is 71.1 Å². The lowest BCUT2D eigenvalue weighted by Gasteiger charge is -2.06. The minimum absolute atomic E-state index is 0.0614. The maximum atomic E-state index is 11.2. The van der Waals surface area contributed by atoms with Crippen molar-refractivity contribution < 1.29 is 14.6 Å². The fraction of sp³-hybridized carbons (Fsp3) is 0.941. The van der Waals surface area contributed by atoms with Crippen molar-refractivity contribution in [1.82, 2.24) is 5.32 Å². The first-order chi connectivity index (χ1) is 10.3. The standard InChI is InChI=1S/C17H35NO3/c1-2-3-4-5-6-7-8-9-10-11-12-14-18-17(20)21-16-13-15-19/h19H,2-16H2,1H3,(H,18,20). The molecule has 0 spiro atoms. The smallest absolute Gasteiger partial charge is 0.407 e. The van der Waals surface area contributed by atoms with E-state index in [0.29, 0.717) is 19.6 Å². The minimum Gasteiger partial charge on any atom is -0.449 e. The lowest BCUT2D eigenvalue weighted by molar-refractivity contribution is 0.135. The number of hydrogen-bond donors (Lipinski definition) is 2. The Balaban J connectivity index is 3.06. The molecular weight excluding hydrogens is 266 g/mol. The van der Waals surface area contributed by atoms with Gasteiger partial charge >= 0.3 is 6.09 Å². The van der Waals surface area contributed by atoms with E-state index in [0.717, 1.165) is 6.42 Å². The van der Waals surface area contributed by atoms with Crippen LogP contribution in [-0.4, -0.2) is 31.0 Å². The van der Waals surface area contributed by atoms with Crippen LogP contribution in [0.2, 0.25) is 0 Å². The zero-order chi connectivity index (χ0) is 15.6. The summed E-state index contributed by atoms with van der Waals surface area (Å²) >= 11 is 0. The summed E-state index contributed by atoms with van der Waals surface area (Å²) in [5, 5.41) is 11.3. The number of rotatable bonds is 15. The lowest BCUT2D eigenvalue weighted by atomic mass is 10.1. The molecule has 0 saturated carbocycles. The molecule has 0 bridgehead atoms. The van der Waals surface area contributed by atoms with Gasteiger partial charge in [-0.2, -0.15) is 0 Å². The number of amides is 1. The van der Waals surface area contributed by atoms with Crippen LogP contribution in [0, 0.1) is 0 Å². The van der Waals surface area contributed by atoms with E-state index in [2.05, 4.69) is 12.2 Å². The number of nitrogens with one attached hydrogen (secondary N) is 1. The summed E-state index contributed by atoms with van der Waals surface area (Å²) in [5.74, 6) is 0. The van der Waals surface area contributed by atoms with Gasteiger partial charge < -0.3 is 15.2 Å². The van der Waals surface area contributed by atoms with E-state index in [4.69, 9.17) is 9.84 Å². The second kappa shape index (κ2) is 17.3. The van der Waals surface area contributed by atoms with Crippen molar-refractivity contribution in [2.24, 2.45) is 0 Å². The van der Waals surface area contributed by atoms with Gasteiger partial charge in [0.2, 0.25) is 0 Å². The molecule has 0 atom stereocenters. The van der Waals surface area contributed by atoms with Crippen molar-refractivity contribution >= 4 is 6.09 Å². The molecule has 0 aliphatic heterocycles. The Morgan fingerprint density at radius 3 is 1.90 bits per heavy atom. The molecule has 4 heteroatoms. The molecule has 2 N–H and O–H groups in total. The predicted molar refractivity (Wildman–Crippen MR) is 87.5 cm³/mol. The van der Waals surface area contributed by atoms with Crippen molar-refractivity contribution in [3.63, 3.8) is 0 Å². The largest absolute Gasteiger partial charge is 0.449 e. The van der Waals surface area contributed by atoms with Gasteiger partial charge in [-0.25, -0.2) is 4.79 Å². The third-order valence-electron chi connectivity index (χ3n) is 3.59. The van der Waals surface area contributed by atoms with E-state index in [1.165, 1.54) is 64.2 Å². The zero-order valence-electron chi connectivity index (χ0n) is 13.9. The van der Waals surface area contributed by atoms with Crippen LogP contribution in [0.4, 0.5) is 4.79 Å². The van der Waals surface area contributed by atoms with Gasteiger partial charge in [-0.15, -0.1) is 0 Å². The summed E-state index contributed by atoms with van der Waals surface area (Å²) in [7, 11) is 0. The molecule has 21 heavy (non-hydrogen) atoms. The van der Waals surface area contributed by atoms with Gasteiger partial charge in [-0.05, 0) is 6.42 Å². The number of hydrogen-bond acceptors (Lipinski definition) is 3. The molecule has 0 saturated heterocycles. The third-order valence-corrected chi connectivity index (χ3v) is 3.59. The van der Waals surface area contributed by atoms with Gasteiger partial charge in [0.15, 0.2) is 0 Å². The van der Waals surface area contributed by atoms with Crippen LogP contribution in [0.3, 0.4) is 0 Å². The Kier molecular flexibility index (Phi) is 16.6. The van der Waals surface area contributed by atoms with Crippen LogP contribution in [0.25, 0.3) is 0 Å². The average Bonchev–Trinajstić information content (AvgIpc) is 2.48. The van der Waals surface area contributed by atoms with Gasteiger partial charge in [0.05, 0.1) is 6.61 Å². The Hall–Kier alpha value is -0.770. The van der Waals surface area contributed by atoms with Crippen molar-refractivity contribution in [1.29, 1.82) is 0 Å². The molecule has 0 aromatic carbocycles.